The quantitative estimate of drug-likeness (QED) is 0.813. The Morgan fingerprint density at radius 3 is 2.94 bits per heavy atom. The summed E-state index contributed by atoms with van der Waals surface area (Å²) in [5, 5.41) is 11.3. The van der Waals surface area contributed by atoms with Crippen LogP contribution < -0.4 is 0 Å². The van der Waals surface area contributed by atoms with Gasteiger partial charge in [0.25, 0.3) is 0 Å². The molecule has 2 atom stereocenters. The Labute approximate surface area is 108 Å². The summed E-state index contributed by atoms with van der Waals surface area (Å²) in [6.45, 7) is 5.47. The van der Waals surface area contributed by atoms with E-state index >= 15 is 0 Å². The van der Waals surface area contributed by atoms with Crippen LogP contribution in [0.1, 0.15) is 38.0 Å². The van der Waals surface area contributed by atoms with Gasteiger partial charge < -0.3 is 0 Å². The second-order valence-electron chi connectivity index (χ2n) is 5.08. The summed E-state index contributed by atoms with van der Waals surface area (Å²) in [4.78, 5) is 3.91. The van der Waals surface area contributed by atoms with Crippen LogP contribution in [0, 0.1) is 17.2 Å². The van der Waals surface area contributed by atoms with E-state index in [-0.39, 0.29) is 5.92 Å². The van der Waals surface area contributed by atoms with Crippen molar-refractivity contribution in [2.24, 2.45) is 5.92 Å². The monoisotopic (exact) mass is 248 g/mol. The van der Waals surface area contributed by atoms with Crippen molar-refractivity contribution in [2.45, 2.75) is 51.7 Å². The van der Waals surface area contributed by atoms with E-state index in [1.54, 1.807) is 0 Å². The number of thiophene rings is 1. The van der Waals surface area contributed by atoms with Crippen molar-refractivity contribution in [3.05, 3.63) is 22.4 Å². The highest BCUT2D eigenvalue weighted by molar-refractivity contribution is 7.09. The standard InChI is InChI=1S/C14H20N2S/c1-11(2)16(10-13-6-4-8-17-13)14-7-3-5-12(14)9-15/h4,6,8,11-12,14H,3,5,7,10H2,1-2H3. The van der Waals surface area contributed by atoms with Crippen molar-refractivity contribution in [3.63, 3.8) is 0 Å². The average Bonchev–Trinajstić information content (AvgIpc) is 2.96. The zero-order chi connectivity index (χ0) is 12.3. The van der Waals surface area contributed by atoms with E-state index in [2.05, 4.69) is 42.3 Å². The van der Waals surface area contributed by atoms with E-state index in [0.29, 0.717) is 12.1 Å². The maximum atomic E-state index is 9.22. The van der Waals surface area contributed by atoms with Crippen LogP contribution in [0.15, 0.2) is 17.5 Å². The Morgan fingerprint density at radius 2 is 2.35 bits per heavy atom. The highest BCUT2D eigenvalue weighted by Crippen LogP contribution is 2.32. The first-order chi connectivity index (χ1) is 8.22. The Balaban J connectivity index is 2.09. The zero-order valence-corrected chi connectivity index (χ0v) is 11.4. The van der Waals surface area contributed by atoms with Gasteiger partial charge in [-0.1, -0.05) is 12.5 Å². The van der Waals surface area contributed by atoms with Crippen LogP contribution in [0.3, 0.4) is 0 Å². The van der Waals surface area contributed by atoms with Crippen LogP contribution in [0.2, 0.25) is 0 Å². The minimum Gasteiger partial charge on any atom is -0.292 e. The van der Waals surface area contributed by atoms with Crippen LogP contribution in [0.4, 0.5) is 0 Å². The molecule has 2 nitrogen and oxygen atoms in total. The molecule has 1 aliphatic rings. The van der Waals surface area contributed by atoms with Gasteiger partial charge in [0.2, 0.25) is 0 Å². The molecule has 0 radical (unpaired) electrons. The molecule has 0 bridgehead atoms. The fraction of sp³-hybridized carbons (Fsp3) is 0.643. The SMILES string of the molecule is CC(C)N(Cc1cccs1)C1CCCC1C#N. The number of nitriles is 1. The lowest BCUT2D eigenvalue weighted by Gasteiger charge is -2.33. The molecule has 0 spiro atoms. The number of hydrogen-bond donors (Lipinski definition) is 0. The highest BCUT2D eigenvalue weighted by atomic mass is 32.1. The molecule has 0 aromatic carbocycles. The first-order valence-electron chi connectivity index (χ1n) is 6.40. The molecular formula is C14H20N2S. The van der Waals surface area contributed by atoms with Crippen molar-refractivity contribution in [3.8, 4) is 6.07 Å². The van der Waals surface area contributed by atoms with Gasteiger partial charge in [-0.05, 0) is 38.1 Å². The van der Waals surface area contributed by atoms with E-state index in [1.165, 1.54) is 17.7 Å². The molecule has 1 saturated carbocycles. The van der Waals surface area contributed by atoms with Crippen molar-refractivity contribution in [2.75, 3.05) is 0 Å². The van der Waals surface area contributed by atoms with Crippen LogP contribution in [-0.4, -0.2) is 17.0 Å². The fourth-order valence-electron chi connectivity index (χ4n) is 2.75. The molecule has 0 N–H and O–H groups in total. The first kappa shape index (κ1) is 12.6. The first-order valence-corrected chi connectivity index (χ1v) is 7.28. The van der Waals surface area contributed by atoms with E-state index in [4.69, 9.17) is 0 Å². The summed E-state index contributed by atoms with van der Waals surface area (Å²) in [6, 6.07) is 7.76. The molecule has 1 heterocycles. The minimum atomic E-state index is 0.234. The molecule has 1 aromatic rings. The Hall–Kier alpha value is -0.850. The third-order valence-electron chi connectivity index (χ3n) is 3.65. The van der Waals surface area contributed by atoms with Gasteiger partial charge in [0.05, 0.1) is 12.0 Å². The van der Waals surface area contributed by atoms with Crippen LogP contribution in [0.5, 0.6) is 0 Å². The lowest BCUT2D eigenvalue weighted by Crippen LogP contribution is -2.41. The van der Waals surface area contributed by atoms with Gasteiger partial charge in [0.15, 0.2) is 0 Å². The van der Waals surface area contributed by atoms with Crippen molar-refractivity contribution >= 4 is 11.3 Å². The molecule has 3 heteroatoms. The van der Waals surface area contributed by atoms with Gasteiger partial charge in [0.1, 0.15) is 0 Å². The molecule has 0 amide bonds. The van der Waals surface area contributed by atoms with Gasteiger partial charge in [-0.15, -0.1) is 11.3 Å². The zero-order valence-electron chi connectivity index (χ0n) is 10.6. The van der Waals surface area contributed by atoms with Gasteiger partial charge >= 0.3 is 0 Å². The van der Waals surface area contributed by atoms with Gasteiger partial charge in [-0.2, -0.15) is 5.26 Å². The molecule has 0 saturated heterocycles. The molecule has 0 aliphatic heterocycles. The van der Waals surface area contributed by atoms with E-state index in [9.17, 15) is 5.26 Å². The maximum Gasteiger partial charge on any atom is 0.0672 e. The summed E-state index contributed by atoms with van der Waals surface area (Å²) in [5.41, 5.74) is 0. The smallest absolute Gasteiger partial charge is 0.0672 e. The van der Waals surface area contributed by atoms with Gasteiger partial charge in [-0.3, -0.25) is 4.90 Å². The average molecular weight is 248 g/mol. The summed E-state index contributed by atoms with van der Waals surface area (Å²) in [7, 11) is 0. The second kappa shape index (κ2) is 5.66. The molecule has 17 heavy (non-hydrogen) atoms. The molecular weight excluding hydrogens is 228 g/mol. The molecule has 1 fully saturated rings. The van der Waals surface area contributed by atoms with Crippen molar-refractivity contribution < 1.29 is 0 Å². The summed E-state index contributed by atoms with van der Waals surface area (Å²) < 4.78 is 0. The summed E-state index contributed by atoms with van der Waals surface area (Å²) >= 11 is 1.81. The molecule has 1 aromatic heterocycles. The van der Waals surface area contributed by atoms with Crippen molar-refractivity contribution in [1.82, 2.24) is 4.90 Å². The predicted molar refractivity (Wildman–Crippen MR) is 71.7 cm³/mol. The predicted octanol–water partition coefficient (Wildman–Crippen LogP) is 3.65. The van der Waals surface area contributed by atoms with Crippen LogP contribution in [0.25, 0.3) is 0 Å². The molecule has 92 valence electrons. The maximum absolute atomic E-state index is 9.22. The molecule has 2 unspecified atom stereocenters. The van der Waals surface area contributed by atoms with E-state index in [1.807, 2.05) is 11.3 Å². The van der Waals surface area contributed by atoms with Gasteiger partial charge in [0, 0.05) is 23.5 Å². The normalized spacial score (nSPS) is 24.4. The number of hydrogen-bond acceptors (Lipinski definition) is 3. The third kappa shape index (κ3) is 2.88. The largest absolute Gasteiger partial charge is 0.292 e. The van der Waals surface area contributed by atoms with E-state index in [0.717, 1.165) is 13.0 Å². The Kier molecular flexibility index (Phi) is 4.20. The van der Waals surface area contributed by atoms with Crippen LogP contribution >= 0.6 is 11.3 Å². The lowest BCUT2D eigenvalue weighted by atomic mass is 10.0. The van der Waals surface area contributed by atoms with Crippen LogP contribution in [-0.2, 0) is 6.54 Å². The van der Waals surface area contributed by atoms with Crippen molar-refractivity contribution in [1.29, 1.82) is 5.26 Å². The number of nitrogens with zero attached hydrogens (tertiary/aromatic N) is 2. The minimum absolute atomic E-state index is 0.234. The topological polar surface area (TPSA) is 27.0 Å². The lowest BCUT2D eigenvalue weighted by molar-refractivity contribution is 0.130. The highest BCUT2D eigenvalue weighted by Gasteiger charge is 2.33. The van der Waals surface area contributed by atoms with Gasteiger partial charge in [-0.25, -0.2) is 0 Å². The Morgan fingerprint density at radius 1 is 1.53 bits per heavy atom. The molecule has 1 aliphatic carbocycles. The fourth-order valence-corrected chi connectivity index (χ4v) is 3.47. The third-order valence-corrected chi connectivity index (χ3v) is 4.51. The summed E-state index contributed by atoms with van der Waals surface area (Å²) in [6.07, 6.45) is 3.47. The Bertz CT molecular complexity index is 377. The molecule has 2 rings (SSSR count). The second-order valence-corrected chi connectivity index (χ2v) is 6.11. The number of rotatable bonds is 4. The summed E-state index contributed by atoms with van der Waals surface area (Å²) in [5.74, 6) is 0.234. The van der Waals surface area contributed by atoms with E-state index < -0.39 is 0 Å².